The Labute approximate surface area is 211 Å². The zero-order chi connectivity index (χ0) is 26.3. The number of carbonyl (C=O) groups excluding carboxylic acids is 1. The number of aromatic amines is 1. The molecule has 196 valence electrons. The highest BCUT2D eigenvalue weighted by atomic mass is 19.1. The van der Waals surface area contributed by atoms with Gasteiger partial charge in [-0.25, -0.2) is 19.2 Å². The number of fused-ring (bicyclic) bond motifs is 1. The molecule has 37 heavy (non-hydrogen) atoms. The van der Waals surface area contributed by atoms with Gasteiger partial charge in [0.1, 0.15) is 23.3 Å². The number of β-amino-alcohol motifs (C(OH)–C–C–N with tert-alkyl or cyclic N) is 1. The zero-order valence-corrected chi connectivity index (χ0v) is 20.5. The molecular weight excluding hydrogens is 485 g/mol. The summed E-state index contributed by atoms with van der Waals surface area (Å²) in [5.74, 6) is -0.217. The van der Waals surface area contributed by atoms with Gasteiger partial charge in [0, 0.05) is 23.9 Å². The van der Waals surface area contributed by atoms with Gasteiger partial charge in [0.15, 0.2) is 11.6 Å². The van der Waals surface area contributed by atoms with Crippen LogP contribution in [0.25, 0.3) is 22.3 Å². The molecule has 1 aliphatic heterocycles. The van der Waals surface area contributed by atoms with Crippen molar-refractivity contribution in [1.82, 2.24) is 25.2 Å². The van der Waals surface area contributed by atoms with E-state index in [-0.39, 0.29) is 30.8 Å². The third-order valence-corrected chi connectivity index (χ3v) is 6.85. The average molecular weight is 514 g/mol. The Bertz CT molecular complexity index is 1360. The minimum atomic E-state index is -1.11. The van der Waals surface area contributed by atoms with Gasteiger partial charge in [-0.15, -0.1) is 0 Å². The summed E-state index contributed by atoms with van der Waals surface area (Å²) in [6.07, 6.45) is 1.59. The Morgan fingerprint density at radius 2 is 2.03 bits per heavy atom. The third kappa shape index (κ3) is 4.88. The summed E-state index contributed by atoms with van der Waals surface area (Å²) in [4.78, 5) is 37.5. The third-order valence-electron chi connectivity index (χ3n) is 6.85. The molecule has 2 amide bonds. The molecule has 0 unspecified atom stereocenters. The van der Waals surface area contributed by atoms with Gasteiger partial charge < -0.3 is 34.9 Å². The number of methoxy groups -OCH3 is 1. The van der Waals surface area contributed by atoms with Gasteiger partial charge in [-0.05, 0) is 38.2 Å². The predicted octanol–water partition coefficient (Wildman–Crippen LogP) is 2.71. The number of carboxylic acid groups (broad SMARTS) is 1. The molecule has 5 rings (SSSR count). The maximum absolute atomic E-state index is 14.5. The minimum absolute atomic E-state index is 0.0310. The molecule has 1 aliphatic carbocycles. The monoisotopic (exact) mass is 513 g/mol. The van der Waals surface area contributed by atoms with Crippen LogP contribution in [0.4, 0.5) is 9.18 Å². The highest BCUT2D eigenvalue weighted by molar-refractivity contribution is 6.09. The second-order valence-corrected chi connectivity index (χ2v) is 9.47. The number of hydrogen-bond acceptors (Lipinski definition) is 7. The van der Waals surface area contributed by atoms with Crippen LogP contribution in [0.1, 0.15) is 35.3 Å². The average Bonchev–Trinajstić information content (AvgIpc) is 3.63. The number of benzene rings is 1. The van der Waals surface area contributed by atoms with Crippen molar-refractivity contribution in [3.05, 3.63) is 35.5 Å². The molecule has 0 bridgehead atoms. The molecule has 2 fully saturated rings. The number of halogens is 1. The standard InChI is InChI=1S/C25H28FN5O6/c1-12-20(24(33)30-16-5-6-31(25(34)35)9-17(16)32)22-23(29-12)21(27-11-28-22)14-7-19(36-2)15(26)8-18(14)37-10-13-3-4-13/h7-8,11,13,16-17,29,32H,3-6,9-10H2,1-2H3,(H,30,33)(H,34,35)/t16-,17-/m1/s1. The summed E-state index contributed by atoms with van der Waals surface area (Å²) in [5, 5.41) is 22.4. The molecule has 1 saturated carbocycles. The summed E-state index contributed by atoms with van der Waals surface area (Å²) in [6, 6.07) is 2.18. The quantitative estimate of drug-likeness (QED) is 0.377. The number of aromatic nitrogens is 3. The molecule has 4 N–H and O–H groups in total. The summed E-state index contributed by atoms with van der Waals surface area (Å²) < 4.78 is 25.7. The van der Waals surface area contributed by atoms with Crippen molar-refractivity contribution in [2.75, 3.05) is 26.8 Å². The Hall–Kier alpha value is -3.93. The van der Waals surface area contributed by atoms with Crippen LogP contribution in [-0.4, -0.2) is 81.0 Å². The topological polar surface area (TPSA) is 150 Å². The summed E-state index contributed by atoms with van der Waals surface area (Å²) in [7, 11) is 1.37. The molecule has 3 heterocycles. The number of aliphatic hydroxyl groups is 1. The molecule has 0 spiro atoms. The van der Waals surface area contributed by atoms with Crippen molar-refractivity contribution in [1.29, 1.82) is 0 Å². The van der Waals surface area contributed by atoms with Gasteiger partial charge >= 0.3 is 6.09 Å². The highest BCUT2D eigenvalue weighted by Gasteiger charge is 2.32. The number of aliphatic hydroxyl groups excluding tert-OH is 1. The number of carbonyl (C=O) groups is 2. The van der Waals surface area contributed by atoms with Gasteiger partial charge in [-0.3, -0.25) is 4.79 Å². The smallest absolute Gasteiger partial charge is 0.407 e. The van der Waals surface area contributed by atoms with Gasteiger partial charge in [0.05, 0.1) is 43.5 Å². The second-order valence-electron chi connectivity index (χ2n) is 9.47. The molecular formula is C25H28FN5O6. The van der Waals surface area contributed by atoms with Crippen LogP contribution in [0.2, 0.25) is 0 Å². The van der Waals surface area contributed by atoms with E-state index in [1.165, 1.54) is 25.6 Å². The first-order valence-corrected chi connectivity index (χ1v) is 12.1. The Kier molecular flexibility index (Phi) is 6.59. The van der Waals surface area contributed by atoms with Gasteiger partial charge in [0.25, 0.3) is 5.91 Å². The summed E-state index contributed by atoms with van der Waals surface area (Å²) in [5.41, 5.74) is 2.55. The van der Waals surface area contributed by atoms with Crippen LogP contribution in [-0.2, 0) is 0 Å². The molecule has 1 saturated heterocycles. The van der Waals surface area contributed by atoms with Crippen LogP contribution in [0.3, 0.4) is 0 Å². The second kappa shape index (κ2) is 9.85. The lowest BCUT2D eigenvalue weighted by Crippen LogP contribution is -2.55. The van der Waals surface area contributed by atoms with Crippen molar-refractivity contribution in [3.8, 4) is 22.8 Å². The van der Waals surface area contributed by atoms with Gasteiger partial charge in [-0.2, -0.15) is 0 Å². The molecule has 1 aromatic carbocycles. The van der Waals surface area contributed by atoms with Crippen LogP contribution in [0.15, 0.2) is 18.5 Å². The van der Waals surface area contributed by atoms with Gasteiger partial charge in [0.2, 0.25) is 0 Å². The Morgan fingerprint density at radius 1 is 1.24 bits per heavy atom. The van der Waals surface area contributed by atoms with E-state index in [0.29, 0.717) is 46.3 Å². The van der Waals surface area contributed by atoms with Crippen LogP contribution >= 0.6 is 0 Å². The van der Waals surface area contributed by atoms with E-state index in [9.17, 15) is 19.1 Å². The van der Waals surface area contributed by atoms with Crippen LogP contribution in [0.5, 0.6) is 11.5 Å². The van der Waals surface area contributed by atoms with Crippen molar-refractivity contribution in [2.45, 2.75) is 38.3 Å². The van der Waals surface area contributed by atoms with Crippen molar-refractivity contribution < 1.29 is 33.7 Å². The van der Waals surface area contributed by atoms with E-state index in [2.05, 4.69) is 20.3 Å². The number of H-pyrrole nitrogens is 1. The number of rotatable bonds is 7. The van der Waals surface area contributed by atoms with Crippen molar-refractivity contribution in [2.24, 2.45) is 5.92 Å². The van der Waals surface area contributed by atoms with Crippen LogP contribution in [0, 0.1) is 18.7 Å². The fourth-order valence-electron chi connectivity index (χ4n) is 4.61. The molecule has 0 radical (unpaired) electrons. The summed E-state index contributed by atoms with van der Waals surface area (Å²) >= 11 is 0. The predicted molar refractivity (Wildman–Crippen MR) is 130 cm³/mol. The van der Waals surface area contributed by atoms with Crippen molar-refractivity contribution in [3.63, 3.8) is 0 Å². The lowest BCUT2D eigenvalue weighted by molar-refractivity contribution is 0.0392. The SMILES string of the molecule is COc1cc(-c2ncnc3c(C(=O)N[C@@H]4CCN(C(=O)O)C[C@H]4O)c(C)[nH]c23)c(OCC2CC2)cc1F. The molecule has 3 aromatic rings. The number of nitrogens with one attached hydrogen (secondary N) is 2. The number of amides is 2. The fourth-order valence-corrected chi connectivity index (χ4v) is 4.61. The normalized spacial score (nSPS) is 19.6. The lowest BCUT2D eigenvalue weighted by Gasteiger charge is -2.34. The van der Waals surface area contributed by atoms with Crippen LogP contribution < -0.4 is 14.8 Å². The first-order chi connectivity index (χ1) is 17.8. The Balaban J connectivity index is 1.48. The minimum Gasteiger partial charge on any atom is -0.494 e. The number of ether oxygens (including phenoxy) is 2. The number of hydrogen-bond donors (Lipinski definition) is 4. The number of aryl methyl sites for hydroxylation is 1. The van der Waals surface area contributed by atoms with E-state index >= 15 is 0 Å². The maximum atomic E-state index is 14.5. The van der Waals surface area contributed by atoms with Crippen molar-refractivity contribution >= 4 is 23.0 Å². The molecule has 12 heteroatoms. The molecule has 2 atom stereocenters. The zero-order valence-electron chi connectivity index (χ0n) is 20.5. The molecule has 2 aromatic heterocycles. The first-order valence-electron chi connectivity index (χ1n) is 12.1. The summed E-state index contributed by atoms with van der Waals surface area (Å²) in [6.45, 7) is 2.30. The molecule has 2 aliphatic rings. The van der Waals surface area contributed by atoms with Gasteiger partial charge in [-0.1, -0.05) is 0 Å². The molecule has 11 nitrogen and oxygen atoms in total. The van der Waals surface area contributed by atoms with E-state index in [1.54, 1.807) is 6.92 Å². The number of likely N-dealkylation sites (tertiary alicyclic amines) is 1. The van der Waals surface area contributed by atoms with E-state index < -0.39 is 30.0 Å². The van der Waals surface area contributed by atoms with E-state index in [4.69, 9.17) is 14.6 Å². The highest BCUT2D eigenvalue weighted by Crippen LogP contribution is 2.39. The Morgan fingerprint density at radius 3 is 2.70 bits per heavy atom. The maximum Gasteiger partial charge on any atom is 0.407 e. The lowest BCUT2D eigenvalue weighted by atomic mass is 10.0. The first kappa shape index (κ1) is 24.8. The largest absolute Gasteiger partial charge is 0.494 e. The number of nitrogens with zero attached hydrogens (tertiary/aromatic N) is 3. The van der Waals surface area contributed by atoms with E-state index in [1.807, 2.05) is 0 Å². The number of piperidine rings is 1. The fraction of sp³-hybridized carbons (Fsp3) is 0.440. The van der Waals surface area contributed by atoms with E-state index in [0.717, 1.165) is 17.7 Å².